The Labute approximate surface area is 169 Å². The van der Waals surface area contributed by atoms with Gasteiger partial charge in [0.15, 0.2) is 11.6 Å². The lowest BCUT2D eigenvalue weighted by atomic mass is 9.81. The van der Waals surface area contributed by atoms with Gasteiger partial charge in [0.2, 0.25) is 5.91 Å². The van der Waals surface area contributed by atoms with Gasteiger partial charge in [-0.05, 0) is 49.3 Å². The van der Waals surface area contributed by atoms with Crippen molar-refractivity contribution in [3.05, 3.63) is 35.4 Å². The quantitative estimate of drug-likeness (QED) is 0.828. The molecule has 1 aromatic carbocycles. The lowest BCUT2D eigenvalue weighted by Crippen LogP contribution is -2.80. The smallest absolute Gasteiger partial charge is 0.251 e. The molecular formula is C20H26ClF2N3O2. The molecule has 154 valence electrons. The third kappa shape index (κ3) is 3.50. The highest BCUT2D eigenvalue weighted by Crippen LogP contribution is 2.35. The summed E-state index contributed by atoms with van der Waals surface area (Å²) in [5, 5.41) is 3.11. The van der Waals surface area contributed by atoms with Crippen LogP contribution >= 0.6 is 12.4 Å². The van der Waals surface area contributed by atoms with E-state index in [1.807, 2.05) is 0 Å². The largest absolute Gasteiger partial charge is 0.328 e. The SMILES string of the molecule is C[C@H]1CC[C@H](N2CC(=O)N(Cc3ccc(F)c(F)c3)C3(CNC3)C2=O)CC1.Cl. The Hall–Kier alpha value is -1.73. The maximum Gasteiger partial charge on any atom is 0.251 e. The van der Waals surface area contributed by atoms with Crippen molar-refractivity contribution >= 4 is 24.2 Å². The second-order valence-electron chi connectivity index (χ2n) is 8.21. The molecule has 0 aromatic heterocycles. The summed E-state index contributed by atoms with van der Waals surface area (Å²) in [7, 11) is 0. The first-order valence-electron chi connectivity index (χ1n) is 9.67. The minimum absolute atomic E-state index is 0. The molecule has 1 saturated carbocycles. The molecule has 2 heterocycles. The number of hydrogen-bond acceptors (Lipinski definition) is 3. The van der Waals surface area contributed by atoms with Gasteiger partial charge in [0.1, 0.15) is 12.1 Å². The van der Waals surface area contributed by atoms with Gasteiger partial charge in [-0.2, -0.15) is 0 Å². The molecule has 3 aliphatic rings. The van der Waals surface area contributed by atoms with Crippen molar-refractivity contribution in [3.63, 3.8) is 0 Å². The van der Waals surface area contributed by atoms with Crippen LogP contribution in [-0.2, 0) is 16.1 Å². The van der Waals surface area contributed by atoms with Crippen molar-refractivity contribution in [2.75, 3.05) is 19.6 Å². The minimum atomic E-state index is -0.943. The predicted octanol–water partition coefficient (Wildman–Crippen LogP) is 2.48. The van der Waals surface area contributed by atoms with E-state index >= 15 is 0 Å². The van der Waals surface area contributed by atoms with Crippen molar-refractivity contribution in [3.8, 4) is 0 Å². The summed E-state index contributed by atoms with van der Waals surface area (Å²) in [6.07, 6.45) is 4.03. The lowest BCUT2D eigenvalue weighted by Gasteiger charge is -2.56. The normalized spacial score (nSPS) is 26.8. The van der Waals surface area contributed by atoms with E-state index in [0.29, 0.717) is 24.6 Å². The van der Waals surface area contributed by atoms with Crippen LogP contribution in [0.4, 0.5) is 8.78 Å². The Kier molecular flexibility index (Phi) is 5.96. The Morgan fingerprint density at radius 2 is 1.79 bits per heavy atom. The van der Waals surface area contributed by atoms with Crippen LogP contribution < -0.4 is 5.32 Å². The van der Waals surface area contributed by atoms with E-state index in [-0.39, 0.29) is 43.4 Å². The number of nitrogens with zero attached hydrogens (tertiary/aromatic N) is 2. The van der Waals surface area contributed by atoms with Gasteiger partial charge in [0, 0.05) is 25.7 Å². The first-order valence-corrected chi connectivity index (χ1v) is 9.67. The molecule has 1 aliphatic carbocycles. The van der Waals surface area contributed by atoms with Gasteiger partial charge in [-0.3, -0.25) is 9.59 Å². The molecule has 8 heteroatoms. The fourth-order valence-corrected chi connectivity index (χ4v) is 4.54. The highest BCUT2D eigenvalue weighted by atomic mass is 35.5. The highest BCUT2D eigenvalue weighted by Gasteiger charge is 2.57. The molecule has 0 bridgehead atoms. The number of nitrogens with one attached hydrogen (secondary N) is 1. The summed E-state index contributed by atoms with van der Waals surface area (Å²) in [4.78, 5) is 29.6. The zero-order valence-corrected chi connectivity index (χ0v) is 16.7. The molecule has 0 atom stereocenters. The molecule has 4 rings (SSSR count). The molecule has 0 unspecified atom stereocenters. The summed E-state index contributed by atoms with van der Waals surface area (Å²) in [5.41, 5.74) is -0.412. The fourth-order valence-electron chi connectivity index (χ4n) is 4.54. The zero-order chi connectivity index (χ0) is 19.2. The number of halogens is 3. The van der Waals surface area contributed by atoms with Crippen LogP contribution in [0.25, 0.3) is 0 Å². The molecule has 1 aromatic rings. The van der Waals surface area contributed by atoms with Gasteiger partial charge >= 0.3 is 0 Å². The van der Waals surface area contributed by atoms with Crippen molar-refractivity contribution < 1.29 is 18.4 Å². The van der Waals surface area contributed by atoms with Crippen molar-refractivity contribution in [2.24, 2.45) is 5.92 Å². The van der Waals surface area contributed by atoms with Crippen LogP contribution in [0.2, 0.25) is 0 Å². The van der Waals surface area contributed by atoms with Gasteiger partial charge in [0.25, 0.3) is 5.91 Å². The third-order valence-electron chi connectivity index (χ3n) is 6.37. The van der Waals surface area contributed by atoms with Crippen molar-refractivity contribution in [1.82, 2.24) is 15.1 Å². The van der Waals surface area contributed by atoms with Crippen molar-refractivity contribution in [2.45, 2.75) is 50.7 Å². The monoisotopic (exact) mass is 413 g/mol. The standard InChI is InChI=1S/C20H25F2N3O2.ClH/c1-13-2-5-15(6-3-13)24-10-18(26)25(20(19(24)27)11-23-12-20)9-14-4-7-16(21)17(22)8-14;/h4,7-8,13,15,23H,2-3,5-6,9-12H2,1H3;1H/t13-,15-;. The third-order valence-corrected chi connectivity index (χ3v) is 6.37. The number of piperazine rings is 1. The van der Waals surface area contributed by atoms with Gasteiger partial charge in [0.05, 0.1) is 0 Å². The van der Waals surface area contributed by atoms with Gasteiger partial charge < -0.3 is 15.1 Å². The average Bonchev–Trinajstić information content (AvgIpc) is 2.61. The minimum Gasteiger partial charge on any atom is -0.328 e. The lowest BCUT2D eigenvalue weighted by molar-refractivity contribution is -0.173. The Balaban J connectivity index is 0.00000225. The predicted molar refractivity (Wildman–Crippen MR) is 103 cm³/mol. The number of carbonyl (C=O) groups is 2. The number of carbonyl (C=O) groups excluding carboxylic acids is 2. The number of benzene rings is 1. The zero-order valence-electron chi connectivity index (χ0n) is 15.9. The van der Waals surface area contributed by atoms with E-state index in [2.05, 4.69) is 12.2 Å². The van der Waals surface area contributed by atoms with Gasteiger partial charge in [-0.25, -0.2) is 8.78 Å². The van der Waals surface area contributed by atoms with E-state index in [4.69, 9.17) is 0 Å². The van der Waals surface area contributed by atoms with Gasteiger partial charge in [-0.1, -0.05) is 13.0 Å². The van der Waals surface area contributed by atoms with Crippen LogP contribution in [0.15, 0.2) is 18.2 Å². The average molecular weight is 414 g/mol. The number of hydrogen-bond donors (Lipinski definition) is 1. The fraction of sp³-hybridized carbons (Fsp3) is 0.600. The molecular weight excluding hydrogens is 388 g/mol. The number of rotatable bonds is 3. The van der Waals surface area contributed by atoms with Crippen LogP contribution in [0, 0.1) is 17.6 Å². The first kappa shape index (κ1) is 21.0. The molecule has 1 spiro atoms. The molecule has 28 heavy (non-hydrogen) atoms. The Morgan fingerprint density at radius 1 is 1.11 bits per heavy atom. The summed E-state index contributed by atoms with van der Waals surface area (Å²) in [5.74, 6) is -1.33. The highest BCUT2D eigenvalue weighted by molar-refractivity contribution is 5.99. The molecule has 2 saturated heterocycles. The molecule has 5 nitrogen and oxygen atoms in total. The Bertz CT molecular complexity index is 764. The van der Waals surface area contributed by atoms with E-state index < -0.39 is 17.2 Å². The molecule has 2 aliphatic heterocycles. The summed E-state index contributed by atoms with van der Waals surface area (Å²) < 4.78 is 26.8. The van der Waals surface area contributed by atoms with Crippen LogP contribution in [0.5, 0.6) is 0 Å². The topological polar surface area (TPSA) is 52.7 Å². The summed E-state index contributed by atoms with van der Waals surface area (Å²) in [6.45, 7) is 3.21. The summed E-state index contributed by atoms with van der Waals surface area (Å²) >= 11 is 0. The second kappa shape index (κ2) is 7.95. The van der Waals surface area contributed by atoms with E-state index in [9.17, 15) is 18.4 Å². The van der Waals surface area contributed by atoms with Crippen LogP contribution in [-0.4, -0.2) is 52.8 Å². The van der Waals surface area contributed by atoms with Crippen LogP contribution in [0.1, 0.15) is 38.2 Å². The maximum absolute atomic E-state index is 13.6. The molecule has 3 fully saturated rings. The van der Waals surface area contributed by atoms with E-state index in [0.717, 1.165) is 37.8 Å². The van der Waals surface area contributed by atoms with Crippen LogP contribution in [0.3, 0.4) is 0 Å². The summed E-state index contributed by atoms with van der Waals surface area (Å²) in [6, 6.07) is 3.75. The molecule has 1 N–H and O–H groups in total. The second-order valence-corrected chi connectivity index (χ2v) is 8.21. The van der Waals surface area contributed by atoms with E-state index in [1.165, 1.54) is 6.07 Å². The van der Waals surface area contributed by atoms with Crippen molar-refractivity contribution in [1.29, 1.82) is 0 Å². The molecule has 2 amide bonds. The van der Waals surface area contributed by atoms with Gasteiger partial charge in [-0.15, -0.1) is 12.4 Å². The first-order chi connectivity index (χ1) is 12.9. The van der Waals surface area contributed by atoms with E-state index in [1.54, 1.807) is 9.80 Å². The number of amides is 2. The molecule has 0 radical (unpaired) electrons. The Morgan fingerprint density at radius 3 is 2.36 bits per heavy atom. The maximum atomic E-state index is 13.6.